The molecule has 1 aliphatic heterocycles. The Hall–Kier alpha value is -1.14. The molecule has 2 heterocycles. The second kappa shape index (κ2) is 6.70. The molecular formula is C12H18N2O3S. The van der Waals surface area contributed by atoms with Gasteiger partial charge in [-0.25, -0.2) is 4.98 Å². The Kier molecular flexibility index (Phi) is 4.95. The minimum absolute atomic E-state index is 0.194. The van der Waals surface area contributed by atoms with E-state index in [9.17, 15) is 4.79 Å². The van der Waals surface area contributed by atoms with Crippen LogP contribution < -0.4 is 5.32 Å². The number of hydrogen-bond acceptors (Lipinski definition) is 6. The summed E-state index contributed by atoms with van der Waals surface area (Å²) in [4.78, 5) is 15.5. The van der Waals surface area contributed by atoms with Gasteiger partial charge in [0.15, 0.2) is 5.13 Å². The van der Waals surface area contributed by atoms with E-state index in [0.29, 0.717) is 18.8 Å². The molecule has 1 aromatic rings. The smallest absolute Gasteiger partial charge is 0.305 e. The molecule has 6 heteroatoms. The number of ether oxygens (including phenoxy) is 2. The molecule has 1 aliphatic rings. The molecule has 1 fully saturated rings. The minimum atomic E-state index is -0.194. The topological polar surface area (TPSA) is 60.5 Å². The van der Waals surface area contributed by atoms with Crippen molar-refractivity contribution in [3.63, 3.8) is 0 Å². The molecule has 0 saturated carbocycles. The summed E-state index contributed by atoms with van der Waals surface area (Å²) >= 11 is 1.58. The van der Waals surface area contributed by atoms with Crippen LogP contribution in [0.4, 0.5) is 5.13 Å². The van der Waals surface area contributed by atoms with Gasteiger partial charge in [-0.1, -0.05) is 0 Å². The fourth-order valence-electron chi connectivity index (χ4n) is 1.81. The quantitative estimate of drug-likeness (QED) is 0.797. The van der Waals surface area contributed by atoms with E-state index in [4.69, 9.17) is 4.74 Å². The largest absolute Gasteiger partial charge is 0.469 e. The van der Waals surface area contributed by atoms with Gasteiger partial charge in [-0.05, 0) is 6.42 Å². The second-order valence-corrected chi connectivity index (χ2v) is 5.19. The van der Waals surface area contributed by atoms with Crippen LogP contribution in [0.2, 0.25) is 0 Å². The first-order chi connectivity index (χ1) is 8.78. The number of hydrogen-bond donors (Lipinski definition) is 1. The monoisotopic (exact) mass is 270 g/mol. The van der Waals surface area contributed by atoms with E-state index in [1.807, 2.05) is 5.38 Å². The molecule has 2 rings (SSSR count). The van der Waals surface area contributed by atoms with Gasteiger partial charge >= 0.3 is 5.97 Å². The van der Waals surface area contributed by atoms with Gasteiger partial charge in [0.2, 0.25) is 0 Å². The number of methoxy groups -OCH3 is 1. The maximum absolute atomic E-state index is 11.0. The van der Waals surface area contributed by atoms with E-state index in [1.165, 1.54) is 7.11 Å². The number of nitrogens with one attached hydrogen (secondary N) is 1. The van der Waals surface area contributed by atoms with Gasteiger partial charge in [0.25, 0.3) is 0 Å². The number of carbonyl (C=O) groups is 1. The molecule has 1 saturated heterocycles. The third kappa shape index (κ3) is 3.96. The van der Waals surface area contributed by atoms with Crippen molar-refractivity contribution in [1.29, 1.82) is 0 Å². The predicted octanol–water partition coefficient (Wildman–Crippen LogP) is 1.70. The molecule has 100 valence electrons. The zero-order valence-corrected chi connectivity index (χ0v) is 11.3. The van der Waals surface area contributed by atoms with Crippen molar-refractivity contribution >= 4 is 22.4 Å². The maximum atomic E-state index is 11.0. The molecular weight excluding hydrogens is 252 g/mol. The number of carbonyl (C=O) groups excluding carboxylic acids is 1. The van der Waals surface area contributed by atoms with Crippen molar-refractivity contribution in [3.05, 3.63) is 11.1 Å². The number of thiazole rings is 1. The van der Waals surface area contributed by atoms with Gasteiger partial charge in [0.05, 0.1) is 25.8 Å². The summed E-state index contributed by atoms with van der Waals surface area (Å²) in [5.74, 6) is 0.396. The molecule has 1 atom stereocenters. The van der Waals surface area contributed by atoms with Crippen LogP contribution in [0, 0.1) is 5.92 Å². The Morgan fingerprint density at radius 2 is 2.61 bits per heavy atom. The number of nitrogens with zero attached hydrogens (tertiary/aromatic N) is 1. The molecule has 0 radical (unpaired) electrons. The summed E-state index contributed by atoms with van der Waals surface area (Å²) in [5.41, 5.74) is 0.940. The molecule has 0 aromatic carbocycles. The highest BCUT2D eigenvalue weighted by atomic mass is 32.1. The van der Waals surface area contributed by atoms with Gasteiger partial charge in [0, 0.05) is 30.9 Å². The van der Waals surface area contributed by atoms with E-state index in [1.54, 1.807) is 11.3 Å². The van der Waals surface area contributed by atoms with Crippen LogP contribution in [0.3, 0.4) is 0 Å². The van der Waals surface area contributed by atoms with Crippen molar-refractivity contribution < 1.29 is 14.3 Å². The lowest BCUT2D eigenvalue weighted by Gasteiger charge is -2.07. The number of esters is 1. The Balaban J connectivity index is 1.73. The Morgan fingerprint density at radius 3 is 3.33 bits per heavy atom. The third-order valence-corrected chi connectivity index (χ3v) is 3.78. The molecule has 18 heavy (non-hydrogen) atoms. The van der Waals surface area contributed by atoms with E-state index >= 15 is 0 Å². The molecule has 1 unspecified atom stereocenters. The maximum Gasteiger partial charge on any atom is 0.305 e. The van der Waals surface area contributed by atoms with E-state index in [0.717, 1.165) is 37.0 Å². The summed E-state index contributed by atoms with van der Waals surface area (Å²) in [6.45, 7) is 2.62. The average molecular weight is 270 g/mol. The predicted molar refractivity (Wildman–Crippen MR) is 69.9 cm³/mol. The first-order valence-electron chi connectivity index (χ1n) is 6.10. The summed E-state index contributed by atoms with van der Waals surface area (Å²) in [6.07, 6.45) is 2.14. The van der Waals surface area contributed by atoms with Gasteiger partial charge in [-0.2, -0.15) is 0 Å². The zero-order valence-electron chi connectivity index (χ0n) is 10.5. The summed E-state index contributed by atoms with van der Waals surface area (Å²) < 4.78 is 9.92. The van der Waals surface area contributed by atoms with Crippen molar-refractivity contribution in [3.8, 4) is 0 Å². The molecule has 1 aromatic heterocycles. The van der Waals surface area contributed by atoms with Gasteiger partial charge in [-0.3, -0.25) is 4.79 Å². The Labute approximate surface area is 111 Å². The summed E-state index contributed by atoms with van der Waals surface area (Å²) in [6, 6.07) is 0. The van der Waals surface area contributed by atoms with Crippen LogP contribution in [0.25, 0.3) is 0 Å². The highest BCUT2D eigenvalue weighted by Gasteiger charge is 2.15. The summed E-state index contributed by atoms with van der Waals surface area (Å²) in [5, 5.41) is 6.22. The van der Waals surface area contributed by atoms with E-state index in [2.05, 4.69) is 15.0 Å². The Morgan fingerprint density at radius 1 is 1.72 bits per heavy atom. The van der Waals surface area contributed by atoms with Gasteiger partial charge in [0.1, 0.15) is 0 Å². The number of anilines is 1. The normalized spacial score (nSPS) is 18.8. The third-order valence-electron chi connectivity index (χ3n) is 2.93. The summed E-state index contributed by atoms with van der Waals surface area (Å²) in [7, 11) is 1.40. The molecule has 0 bridgehead atoms. The fraction of sp³-hybridized carbons (Fsp3) is 0.667. The van der Waals surface area contributed by atoms with Gasteiger partial charge in [-0.15, -0.1) is 11.3 Å². The van der Waals surface area contributed by atoms with Crippen LogP contribution in [0.15, 0.2) is 5.38 Å². The van der Waals surface area contributed by atoms with Crippen LogP contribution >= 0.6 is 11.3 Å². The van der Waals surface area contributed by atoms with Crippen LogP contribution in [-0.2, 0) is 20.7 Å². The average Bonchev–Trinajstić information content (AvgIpc) is 3.04. The minimum Gasteiger partial charge on any atom is -0.469 e. The lowest BCUT2D eigenvalue weighted by molar-refractivity contribution is -0.140. The van der Waals surface area contributed by atoms with E-state index in [-0.39, 0.29) is 5.97 Å². The number of rotatable bonds is 6. The molecule has 0 amide bonds. The van der Waals surface area contributed by atoms with E-state index < -0.39 is 0 Å². The number of aromatic nitrogens is 1. The fourth-order valence-corrected chi connectivity index (χ4v) is 2.57. The molecule has 0 aliphatic carbocycles. The molecule has 5 nitrogen and oxygen atoms in total. The van der Waals surface area contributed by atoms with Crippen molar-refractivity contribution in [2.24, 2.45) is 5.92 Å². The molecule has 1 N–H and O–H groups in total. The second-order valence-electron chi connectivity index (χ2n) is 4.33. The lowest BCUT2D eigenvalue weighted by atomic mass is 10.1. The standard InChI is InChI=1S/C12H18N2O3S/c1-16-11(15)3-2-10-8-18-12(14-10)13-6-9-4-5-17-7-9/h8-9H,2-7H2,1H3,(H,13,14). The first kappa shape index (κ1) is 13.3. The zero-order chi connectivity index (χ0) is 12.8. The van der Waals surface area contributed by atoms with Crippen LogP contribution in [0.5, 0.6) is 0 Å². The highest BCUT2D eigenvalue weighted by molar-refractivity contribution is 7.13. The number of aryl methyl sites for hydroxylation is 1. The lowest BCUT2D eigenvalue weighted by Crippen LogP contribution is -2.13. The van der Waals surface area contributed by atoms with Crippen molar-refractivity contribution in [2.45, 2.75) is 19.3 Å². The van der Waals surface area contributed by atoms with Crippen LogP contribution in [0.1, 0.15) is 18.5 Å². The van der Waals surface area contributed by atoms with Crippen molar-refractivity contribution in [1.82, 2.24) is 4.98 Å². The first-order valence-corrected chi connectivity index (χ1v) is 6.98. The van der Waals surface area contributed by atoms with Crippen LogP contribution in [-0.4, -0.2) is 37.8 Å². The van der Waals surface area contributed by atoms with Gasteiger partial charge < -0.3 is 14.8 Å². The molecule has 0 spiro atoms. The highest BCUT2D eigenvalue weighted by Crippen LogP contribution is 2.19. The van der Waals surface area contributed by atoms with Crippen molar-refractivity contribution in [2.75, 3.05) is 32.2 Å². The SMILES string of the molecule is COC(=O)CCc1csc(NCC2CCOC2)n1. The Bertz CT molecular complexity index is 388.